The van der Waals surface area contributed by atoms with E-state index in [-0.39, 0.29) is 0 Å². The molecule has 0 spiro atoms. The minimum Gasteiger partial charge on any atom is -0.309 e. The summed E-state index contributed by atoms with van der Waals surface area (Å²) in [5, 5.41) is 9.48. The van der Waals surface area contributed by atoms with Crippen molar-refractivity contribution in [1.82, 2.24) is 34.5 Å². The number of thiophene rings is 2. The van der Waals surface area contributed by atoms with E-state index in [1.165, 1.54) is 64.2 Å². The summed E-state index contributed by atoms with van der Waals surface area (Å²) < 4.78 is 6.04. The fraction of sp³-hybridized carbons (Fsp3) is 0.0141. The van der Waals surface area contributed by atoms with Crippen LogP contribution in [-0.2, 0) is 6.42 Å². The van der Waals surface area contributed by atoms with Gasteiger partial charge in [0.2, 0.25) is 0 Å². The van der Waals surface area contributed by atoms with Crippen molar-refractivity contribution < 1.29 is 0 Å². The van der Waals surface area contributed by atoms with Crippen molar-refractivity contribution in [1.29, 1.82) is 0 Å². The van der Waals surface area contributed by atoms with Gasteiger partial charge in [-0.15, -0.1) is 22.7 Å². The van der Waals surface area contributed by atoms with Crippen molar-refractivity contribution in [2.45, 2.75) is 6.42 Å². The van der Waals surface area contributed by atoms with Crippen LogP contribution in [0.2, 0.25) is 0 Å². The second kappa shape index (κ2) is 21.9. The van der Waals surface area contributed by atoms with Gasteiger partial charge < -0.3 is 4.57 Å². The number of para-hydroxylation sites is 1. The van der Waals surface area contributed by atoms with E-state index < -0.39 is 0 Å². The maximum atomic E-state index is 4.95. The first-order valence-electron chi connectivity index (χ1n) is 26.6. The first-order valence-corrected chi connectivity index (χ1v) is 29.2. The zero-order valence-corrected chi connectivity index (χ0v) is 46.7. The van der Waals surface area contributed by atoms with Crippen LogP contribution < -0.4 is 0 Å². The number of nitrogens with zero attached hydrogens (tertiary/aromatic N) is 7. The highest BCUT2D eigenvalue weighted by Crippen LogP contribution is 2.41. The molecular formula is C71H46BrN7S2. The van der Waals surface area contributed by atoms with E-state index in [2.05, 4.69) is 145 Å². The van der Waals surface area contributed by atoms with Crippen LogP contribution in [0, 0.1) is 0 Å². The SMILES string of the molecule is Brc1cccc(-c2nc(-c3ccccc3)nc(-c3ccccc3)n2)c1.c1ccc(-c2nc(-c3ccccc3)nc(-c3cccc(-n4c5ccccc5c5cc6ccsc6cc54)c3)n2)cc1.c1ccc2c(c1)Cc1cc3sccc3cc1-2. The molecule has 10 aromatic carbocycles. The van der Waals surface area contributed by atoms with Crippen LogP contribution in [0.4, 0.5) is 0 Å². The van der Waals surface area contributed by atoms with E-state index in [9.17, 15) is 0 Å². The van der Waals surface area contributed by atoms with Crippen LogP contribution in [0.15, 0.2) is 270 Å². The second-order valence-electron chi connectivity index (χ2n) is 19.6. The van der Waals surface area contributed by atoms with Crippen LogP contribution in [0.25, 0.3) is 127 Å². The Kier molecular flexibility index (Phi) is 13.4. The van der Waals surface area contributed by atoms with Crippen molar-refractivity contribution >= 4 is 80.6 Å². The van der Waals surface area contributed by atoms with Crippen LogP contribution in [0.5, 0.6) is 0 Å². The minimum atomic E-state index is 0.649. The zero-order chi connectivity index (χ0) is 54.1. The quantitative estimate of drug-likeness (QED) is 0.158. The molecule has 0 saturated heterocycles. The molecule has 15 aromatic rings. The third kappa shape index (κ3) is 10.1. The molecule has 10 heteroatoms. The van der Waals surface area contributed by atoms with E-state index in [1.807, 2.05) is 157 Å². The number of benzene rings is 10. The summed E-state index contributed by atoms with van der Waals surface area (Å²) in [6, 6.07) is 87.7. The number of fused-ring (bicyclic) bond motifs is 8. The Balaban J connectivity index is 0.000000121. The maximum Gasteiger partial charge on any atom is 0.164 e. The Morgan fingerprint density at radius 3 is 1.35 bits per heavy atom. The van der Waals surface area contributed by atoms with Gasteiger partial charge in [-0.1, -0.05) is 204 Å². The summed E-state index contributed by atoms with van der Waals surface area (Å²) in [7, 11) is 0. The number of rotatable bonds is 7. The lowest BCUT2D eigenvalue weighted by atomic mass is 10.0. The molecule has 0 bridgehead atoms. The summed E-state index contributed by atoms with van der Waals surface area (Å²) in [6.45, 7) is 0. The van der Waals surface area contributed by atoms with E-state index in [0.717, 1.165) is 50.0 Å². The molecule has 1 aliphatic rings. The van der Waals surface area contributed by atoms with Gasteiger partial charge in [-0.2, -0.15) is 0 Å². The van der Waals surface area contributed by atoms with Crippen LogP contribution in [0.1, 0.15) is 11.1 Å². The molecule has 7 nitrogen and oxygen atoms in total. The normalized spacial score (nSPS) is 11.5. The lowest BCUT2D eigenvalue weighted by Crippen LogP contribution is -2.01. The standard InChI is InChI=1S/C35H22N4S.C21H14BrN3.C15H10S/c1-3-10-23(11-4-1)33-36-34(24-12-5-2-6-13-24)38-35(37-33)26-14-9-15-27(20-26)39-30-17-8-7-16-28(30)29-21-25-18-19-40-32(25)22-31(29)39;22-18-13-7-12-17(14-18)21-24-19(15-8-3-1-4-9-15)23-20(25-21)16-10-5-2-6-11-16;1-2-4-13-10(3-1)7-12-9-15-11(5-6-16-15)8-14(12)13/h1-22H;1-14H;1-6,8-9H,7H2. The van der Waals surface area contributed by atoms with Gasteiger partial charge in [-0.05, 0) is 117 Å². The van der Waals surface area contributed by atoms with Crippen molar-refractivity contribution in [2.75, 3.05) is 0 Å². The zero-order valence-electron chi connectivity index (χ0n) is 43.4. The smallest absolute Gasteiger partial charge is 0.164 e. The minimum absolute atomic E-state index is 0.649. The first kappa shape index (κ1) is 49.7. The maximum absolute atomic E-state index is 4.95. The number of hydrogen-bond donors (Lipinski definition) is 0. The summed E-state index contributed by atoms with van der Waals surface area (Å²) in [5.74, 6) is 3.97. The number of halogens is 1. The van der Waals surface area contributed by atoms with Crippen molar-refractivity contribution in [2.24, 2.45) is 0 Å². The van der Waals surface area contributed by atoms with Gasteiger partial charge in [0, 0.05) is 63.7 Å². The Morgan fingerprint density at radius 2 is 0.778 bits per heavy atom. The fourth-order valence-corrected chi connectivity index (χ4v) is 12.6. The summed E-state index contributed by atoms with van der Waals surface area (Å²) in [5.41, 5.74) is 15.0. The van der Waals surface area contributed by atoms with E-state index in [0.29, 0.717) is 34.9 Å². The molecule has 81 heavy (non-hydrogen) atoms. The molecule has 0 N–H and O–H groups in total. The Hall–Kier alpha value is -9.58. The fourth-order valence-electron chi connectivity index (χ4n) is 10.6. The van der Waals surface area contributed by atoms with Gasteiger partial charge in [0.05, 0.1) is 11.0 Å². The van der Waals surface area contributed by atoms with Gasteiger partial charge in [0.15, 0.2) is 34.9 Å². The van der Waals surface area contributed by atoms with E-state index in [1.54, 1.807) is 11.3 Å². The third-order valence-electron chi connectivity index (χ3n) is 14.5. The van der Waals surface area contributed by atoms with Gasteiger partial charge in [-0.25, -0.2) is 29.9 Å². The Bertz CT molecular complexity index is 4640. The highest BCUT2D eigenvalue weighted by molar-refractivity contribution is 9.10. The van der Waals surface area contributed by atoms with E-state index >= 15 is 0 Å². The molecule has 0 unspecified atom stereocenters. The van der Waals surface area contributed by atoms with Gasteiger partial charge in [0.1, 0.15) is 0 Å². The molecule has 0 radical (unpaired) electrons. The van der Waals surface area contributed by atoms with Gasteiger partial charge >= 0.3 is 0 Å². The van der Waals surface area contributed by atoms with Gasteiger partial charge in [0.25, 0.3) is 0 Å². The van der Waals surface area contributed by atoms with Crippen molar-refractivity contribution in [3.8, 4) is 85.1 Å². The average molecular weight is 1140 g/mol. The van der Waals surface area contributed by atoms with Crippen LogP contribution in [-0.4, -0.2) is 34.5 Å². The van der Waals surface area contributed by atoms with E-state index in [4.69, 9.17) is 24.9 Å². The first-order chi connectivity index (χ1) is 40.0. The predicted octanol–water partition coefficient (Wildman–Crippen LogP) is 19.3. The topological polar surface area (TPSA) is 82.3 Å². The van der Waals surface area contributed by atoms with Crippen molar-refractivity contribution in [3.63, 3.8) is 0 Å². The highest BCUT2D eigenvalue weighted by atomic mass is 79.9. The lowest BCUT2D eigenvalue weighted by molar-refractivity contribution is 1.07. The number of aromatic nitrogens is 7. The monoisotopic (exact) mass is 1140 g/mol. The summed E-state index contributed by atoms with van der Waals surface area (Å²) in [6.07, 6.45) is 1.10. The van der Waals surface area contributed by atoms with Crippen LogP contribution in [0.3, 0.4) is 0 Å². The predicted molar refractivity (Wildman–Crippen MR) is 340 cm³/mol. The average Bonchev–Trinajstić information content (AvgIpc) is 4.07. The van der Waals surface area contributed by atoms with Crippen molar-refractivity contribution in [3.05, 3.63) is 281 Å². The molecule has 5 aromatic heterocycles. The Labute approximate surface area is 484 Å². The molecule has 0 saturated carbocycles. The molecule has 0 aliphatic heterocycles. The molecular weight excluding hydrogens is 1090 g/mol. The molecule has 5 heterocycles. The number of hydrogen-bond acceptors (Lipinski definition) is 8. The molecule has 0 amide bonds. The summed E-state index contributed by atoms with van der Waals surface area (Å²) >= 11 is 7.12. The van der Waals surface area contributed by atoms with Gasteiger partial charge in [-0.3, -0.25) is 0 Å². The molecule has 0 fully saturated rings. The van der Waals surface area contributed by atoms with Crippen LogP contribution >= 0.6 is 38.6 Å². The Morgan fingerprint density at radius 1 is 0.321 bits per heavy atom. The molecule has 1 aliphatic carbocycles. The molecule has 384 valence electrons. The molecule has 0 atom stereocenters. The summed E-state index contributed by atoms with van der Waals surface area (Å²) in [4.78, 5) is 28.8. The lowest BCUT2D eigenvalue weighted by Gasteiger charge is -2.11. The molecule has 16 rings (SSSR count). The highest BCUT2D eigenvalue weighted by Gasteiger charge is 2.20. The largest absolute Gasteiger partial charge is 0.309 e. The third-order valence-corrected chi connectivity index (χ3v) is 16.7. The second-order valence-corrected chi connectivity index (χ2v) is 22.4.